The molecule has 0 N–H and O–H groups in total. The zero-order chi connectivity index (χ0) is 20.5. The number of carbonyl (C=O) groups excluding carboxylic acids is 1. The van der Waals surface area contributed by atoms with Gasteiger partial charge < -0.3 is 14.5 Å². The lowest BCUT2D eigenvalue weighted by molar-refractivity contribution is -0.137. The SMILES string of the molecule is CN(C(=O)C1CCN(c2nc(-c3ccccc3)nc3c2CCC3)CC1)[C@@H]1CCOC1. The molecule has 1 aromatic carbocycles. The van der Waals surface area contributed by atoms with E-state index in [0.29, 0.717) is 6.61 Å². The van der Waals surface area contributed by atoms with Crippen molar-refractivity contribution in [3.8, 4) is 11.4 Å². The maximum atomic E-state index is 13.0. The number of ether oxygens (including phenoxy) is 1. The van der Waals surface area contributed by atoms with Gasteiger partial charge in [-0.1, -0.05) is 30.3 Å². The summed E-state index contributed by atoms with van der Waals surface area (Å²) < 4.78 is 5.46. The molecule has 5 rings (SSSR count). The van der Waals surface area contributed by atoms with Crippen molar-refractivity contribution in [3.05, 3.63) is 41.6 Å². The Labute approximate surface area is 178 Å². The molecule has 6 nitrogen and oxygen atoms in total. The normalized spacial score (nSPS) is 21.6. The van der Waals surface area contributed by atoms with E-state index in [9.17, 15) is 4.79 Å². The third-order valence-electron chi connectivity index (χ3n) is 6.89. The standard InChI is InChI=1S/C24H30N4O2/c1-27(19-12-15-30-16-19)24(29)18-10-13-28(14-11-18)23-20-8-5-9-21(20)25-22(26-23)17-6-3-2-4-7-17/h2-4,6-7,18-19H,5,8-16H2,1H3/t19-/m1/s1. The average Bonchev–Trinajstić information content (AvgIpc) is 3.50. The van der Waals surface area contributed by atoms with Gasteiger partial charge in [0, 0.05) is 49.5 Å². The highest BCUT2D eigenvalue weighted by molar-refractivity contribution is 5.79. The van der Waals surface area contributed by atoms with Crippen molar-refractivity contribution in [2.24, 2.45) is 5.92 Å². The molecule has 0 bridgehead atoms. The molecular weight excluding hydrogens is 376 g/mol. The lowest BCUT2D eigenvalue weighted by Crippen LogP contribution is -2.45. The van der Waals surface area contributed by atoms with Crippen molar-refractivity contribution in [2.75, 3.05) is 38.3 Å². The van der Waals surface area contributed by atoms with E-state index in [2.05, 4.69) is 17.0 Å². The molecule has 1 aliphatic carbocycles. The van der Waals surface area contributed by atoms with Gasteiger partial charge in [-0.3, -0.25) is 4.79 Å². The summed E-state index contributed by atoms with van der Waals surface area (Å²) in [7, 11) is 1.94. The van der Waals surface area contributed by atoms with Gasteiger partial charge in [0.2, 0.25) is 5.91 Å². The van der Waals surface area contributed by atoms with E-state index in [0.717, 1.165) is 75.4 Å². The molecule has 1 amide bonds. The molecule has 0 saturated carbocycles. The van der Waals surface area contributed by atoms with Crippen molar-refractivity contribution < 1.29 is 9.53 Å². The van der Waals surface area contributed by atoms with Crippen molar-refractivity contribution in [1.29, 1.82) is 0 Å². The molecule has 3 aliphatic rings. The smallest absolute Gasteiger partial charge is 0.225 e. The van der Waals surface area contributed by atoms with Crippen molar-refractivity contribution >= 4 is 11.7 Å². The Morgan fingerprint density at radius 1 is 1.10 bits per heavy atom. The quantitative estimate of drug-likeness (QED) is 0.781. The molecule has 2 saturated heterocycles. The Balaban J connectivity index is 1.32. The van der Waals surface area contributed by atoms with E-state index in [1.165, 1.54) is 11.3 Å². The number of hydrogen-bond acceptors (Lipinski definition) is 5. The zero-order valence-electron chi connectivity index (χ0n) is 17.7. The van der Waals surface area contributed by atoms with Crippen LogP contribution in [0.3, 0.4) is 0 Å². The van der Waals surface area contributed by atoms with Gasteiger partial charge in [0.15, 0.2) is 5.82 Å². The van der Waals surface area contributed by atoms with Crippen LogP contribution in [0.25, 0.3) is 11.4 Å². The van der Waals surface area contributed by atoms with Gasteiger partial charge in [-0.05, 0) is 38.5 Å². The average molecular weight is 407 g/mol. The first-order valence-corrected chi connectivity index (χ1v) is 11.3. The third kappa shape index (κ3) is 3.69. The summed E-state index contributed by atoms with van der Waals surface area (Å²) in [6, 6.07) is 10.5. The zero-order valence-corrected chi connectivity index (χ0v) is 17.7. The lowest BCUT2D eigenvalue weighted by Gasteiger charge is -2.36. The van der Waals surface area contributed by atoms with E-state index in [-0.39, 0.29) is 17.9 Å². The van der Waals surface area contributed by atoms with Crippen LogP contribution in [0.15, 0.2) is 30.3 Å². The number of likely N-dealkylation sites (N-methyl/N-ethyl adjacent to an activating group) is 1. The molecule has 158 valence electrons. The molecule has 2 aromatic rings. The fourth-order valence-electron chi connectivity index (χ4n) is 5.02. The summed E-state index contributed by atoms with van der Waals surface area (Å²) in [5.41, 5.74) is 3.59. The minimum absolute atomic E-state index is 0.107. The van der Waals surface area contributed by atoms with Crippen LogP contribution in [-0.4, -0.2) is 60.2 Å². The highest BCUT2D eigenvalue weighted by Crippen LogP contribution is 2.34. The van der Waals surface area contributed by atoms with E-state index < -0.39 is 0 Å². The van der Waals surface area contributed by atoms with Crippen molar-refractivity contribution in [1.82, 2.24) is 14.9 Å². The molecule has 2 fully saturated rings. The number of amides is 1. The maximum absolute atomic E-state index is 13.0. The summed E-state index contributed by atoms with van der Waals surface area (Å²) in [6.07, 6.45) is 5.97. The number of anilines is 1. The van der Waals surface area contributed by atoms with Crippen LogP contribution in [0.4, 0.5) is 5.82 Å². The van der Waals surface area contributed by atoms with E-state index in [4.69, 9.17) is 14.7 Å². The second-order valence-electron chi connectivity index (χ2n) is 8.74. The van der Waals surface area contributed by atoms with Gasteiger partial charge in [-0.2, -0.15) is 0 Å². The van der Waals surface area contributed by atoms with Crippen LogP contribution in [0, 0.1) is 5.92 Å². The van der Waals surface area contributed by atoms with E-state index in [1.54, 1.807) is 0 Å². The van der Waals surface area contributed by atoms with Crippen LogP contribution < -0.4 is 4.90 Å². The Morgan fingerprint density at radius 3 is 2.63 bits per heavy atom. The molecule has 3 heterocycles. The van der Waals surface area contributed by atoms with Crippen LogP contribution in [-0.2, 0) is 22.4 Å². The van der Waals surface area contributed by atoms with Gasteiger partial charge in [-0.15, -0.1) is 0 Å². The number of piperidine rings is 1. The fraction of sp³-hybridized carbons (Fsp3) is 0.542. The predicted octanol–water partition coefficient (Wildman–Crippen LogP) is 3.10. The molecule has 1 aromatic heterocycles. The minimum atomic E-state index is 0.107. The Morgan fingerprint density at radius 2 is 1.90 bits per heavy atom. The topological polar surface area (TPSA) is 58.6 Å². The Hall–Kier alpha value is -2.47. The van der Waals surface area contributed by atoms with Gasteiger partial charge in [0.25, 0.3) is 0 Å². The molecule has 2 aliphatic heterocycles. The summed E-state index contributed by atoms with van der Waals surface area (Å²) in [5, 5.41) is 0. The van der Waals surface area contributed by atoms with Crippen molar-refractivity contribution in [3.63, 3.8) is 0 Å². The molecule has 30 heavy (non-hydrogen) atoms. The Kier molecular flexibility index (Phi) is 5.42. The lowest BCUT2D eigenvalue weighted by atomic mass is 9.94. The molecule has 1 atom stereocenters. The van der Waals surface area contributed by atoms with Gasteiger partial charge in [0.05, 0.1) is 12.6 Å². The third-order valence-corrected chi connectivity index (χ3v) is 6.89. The van der Waals surface area contributed by atoms with Gasteiger partial charge in [0.1, 0.15) is 5.82 Å². The summed E-state index contributed by atoms with van der Waals surface area (Å²) in [5.74, 6) is 2.31. The van der Waals surface area contributed by atoms with Crippen molar-refractivity contribution in [2.45, 2.75) is 44.6 Å². The summed E-state index contributed by atoms with van der Waals surface area (Å²) >= 11 is 0. The first-order chi connectivity index (χ1) is 14.7. The highest BCUT2D eigenvalue weighted by atomic mass is 16.5. The number of benzene rings is 1. The first-order valence-electron chi connectivity index (χ1n) is 11.3. The minimum Gasteiger partial charge on any atom is -0.379 e. The summed E-state index contributed by atoms with van der Waals surface area (Å²) in [6.45, 7) is 3.20. The second-order valence-corrected chi connectivity index (χ2v) is 8.74. The number of carbonyl (C=O) groups is 1. The molecule has 0 spiro atoms. The van der Waals surface area contributed by atoms with Gasteiger partial charge in [-0.25, -0.2) is 9.97 Å². The monoisotopic (exact) mass is 406 g/mol. The number of aryl methyl sites for hydroxylation is 1. The molecule has 6 heteroatoms. The number of fused-ring (bicyclic) bond motifs is 1. The molecular formula is C24H30N4O2. The number of nitrogens with zero attached hydrogens (tertiary/aromatic N) is 4. The van der Waals surface area contributed by atoms with Crippen LogP contribution in [0.5, 0.6) is 0 Å². The molecule has 0 radical (unpaired) electrons. The molecule has 0 unspecified atom stereocenters. The van der Waals surface area contributed by atoms with Crippen LogP contribution >= 0.6 is 0 Å². The highest BCUT2D eigenvalue weighted by Gasteiger charge is 2.33. The fourth-order valence-corrected chi connectivity index (χ4v) is 5.02. The predicted molar refractivity (Wildman–Crippen MR) is 116 cm³/mol. The van der Waals surface area contributed by atoms with Gasteiger partial charge >= 0.3 is 0 Å². The summed E-state index contributed by atoms with van der Waals surface area (Å²) in [4.78, 5) is 27.2. The maximum Gasteiger partial charge on any atom is 0.225 e. The number of aromatic nitrogens is 2. The number of rotatable bonds is 4. The van der Waals surface area contributed by atoms with Crippen LogP contribution in [0.1, 0.15) is 36.9 Å². The number of hydrogen-bond donors (Lipinski definition) is 0. The van der Waals surface area contributed by atoms with E-state index in [1.807, 2.05) is 30.1 Å². The largest absolute Gasteiger partial charge is 0.379 e. The van der Waals surface area contributed by atoms with Crippen LogP contribution in [0.2, 0.25) is 0 Å². The first kappa shape index (κ1) is 19.5. The second kappa shape index (κ2) is 8.34. The Bertz CT molecular complexity index is 903. The van der Waals surface area contributed by atoms with E-state index >= 15 is 0 Å².